The van der Waals surface area contributed by atoms with Gasteiger partial charge in [0.15, 0.2) is 11.5 Å². The molecule has 4 rings (SSSR count). The molecule has 266 valence electrons. The van der Waals surface area contributed by atoms with Crippen LogP contribution in [0, 0.1) is 23.2 Å². The Bertz CT molecular complexity index is 1310. The number of nitrogens with one attached hydrogen (secondary N) is 1. The lowest BCUT2D eigenvalue weighted by Crippen LogP contribution is -2.57. The molecule has 1 aromatic rings. The van der Waals surface area contributed by atoms with Gasteiger partial charge in [0, 0.05) is 40.6 Å². The molecule has 1 amide bonds. The average molecular weight is 698 g/mol. The molecule has 0 spiro atoms. The molecular weight excluding hydrogens is 653 g/mol. The van der Waals surface area contributed by atoms with Gasteiger partial charge in [-0.1, -0.05) is 6.92 Å². The molecule has 4 N–H and O–H groups in total. The van der Waals surface area contributed by atoms with Crippen LogP contribution in [0.1, 0.15) is 75.3 Å². The monoisotopic (exact) mass is 697 g/mol. The van der Waals surface area contributed by atoms with Crippen molar-refractivity contribution in [2.45, 2.75) is 88.3 Å². The van der Waals surface area contributed by atoms with Crippen LogP contribution < -0.4 is 14.8 Å². The topological polar surface area (TPSA) is 142 Å². The number of benzene rings is 1. The molecule has 0 heterocycles. The minimum Gasteiger partial charge on any atom is -0.493 e. The number of amides is 1. The molecule has 1 unspecified atom stereocenters. The van der Waals surface area contributed by atoms with E-state index in [4.69, 9.17) is 9.47 Å². The van der Waals surface area contributed by atoms with Gasteiger partial charge in [-0.25, -0.2) is 4.79 Å². The number of methoxy groups -OCH3 is 1. The van der Waals surface area contributed by atoms with Crippen LogP contribution in [0.4, 0.5) is 26.7 Å². The molecule has 0 aromatic heterocycles. The molecule has 0 saturated heterocycles. The third-order valence-corrected chi connectivity index (χ3v) is 12.1. The van der Waals surface area contributed by atoms with Gasteiger partial charge in [-0.3, -0.25) is 9.00 Å². The van der Waals surface area contributed by atoms with Crippen molar-refractivity contribution in [3.05, 3.63) is 23.3 Å². The van der Waals surface area contributed by atoms with Gasteiger partial charge in [-0.2, -0.15) is 22.0 Å². The lowest BCUT2D eigenvalue weighted by molar-refractivity contribution is -0.284. The third-order valence-electron chi connectivity index (χ3n) is 10.6. The van der Waals surface area contributed by atoms with Gasteiger partial charge in [0.1, 0.15) is 11.3 Å². The number of rotatable bonds is 14. The van der Waals surface area contributed by atoms with Gasteiger partial charge in [-0.15, -0.1) is 0 Å². The third kappa shape index (κ3) is 7.78. The smallest absolute Gasteiger partial charge is 0.453 e. The number of carbonyl (C=O) groups is 2. The Kier molecular flexibility index (Phi) is 11.7. The highest BCUT2D eigenvalue weighted by molar-refractivity contribution is 7.84. The van der Waals surface area contributed by atoms with E-state index in [1.807, 2.05) is 13.0 Å². The number of Topliss-reactive ketones (excluding diaryl/α,β-unsaturated/α-hetero) is 1. The first-order valence-corrected chi connectivity index (χ1v) is 17.4. The van der Waals surface area contributed by atoms with Crippen molar-refractivity contribution >= 4 is 22.7 Å². The van der Waals surface area contributed by atoms with Crippen molar-refractivity contribution in [2.24, 2.45) is 23.2 Å². The van der Waals surface area contributed by atoms with Gasteiger partial charge >= 0.3 is 18.2 Å². The second-order valence-corrected chi connectivity index (χ2v) is 15.1. The SMILES string of the molecule is COc1cc2c(cc1OC(=O)NC(CO)(CO)CO)C[C@@H](CCCS(=O)CCCC(F)(F)C(F)(F)F)[C@@H]1[C@@H]2CC[C@]2(C)C(=O)CC[C@@H]12. The number of ketones is 1. The zero-order valence-corrected chi connectivity index (χ0v) is 27.4. The number of alkyl halides is 5. The van der Waals surface area contributed by atoms with E-state index < -0.39 is 72.6 Å². The van der Waals surface area contributed by atoms with E-state index in [0.29, 0.717) is 32.1 Å². The minimum absolute atomic E-state index is 0.0375. The fraction of sp³-hybridized carbons (Fsp3) is 0.750. The number of hydrogen-bond donors (Lipinski definition) is 4. The molecule has 2 saturated carbocycles. The first kappa shape index (κ1) is 37.5. The number of hydrogen-bond acceptors (Lipinski definition) is 8. The molecule has 0 bridgehead atoms. The molecule has 9 nitrogen and oxygen atoms in total. The van der Waals surface area contributed by atoms with Crippen LogP contribution in [0.25, 0.3) is 0 Å². The van der Waals surface area contributed by atoms with Crippen molar-refractivity contribution in [1.82, 2.24) is 5.32 Å². The lowest BCUT2D eigenvalue weighted by atomic mass is 9.52. The first-order valence-electron chi connectivity index (χ1n) is 15.9. The number of aliphatic hydroxyl groups is 3. The Hall–Kier alpha value is -2.36. The molecular formula is C32H44F5NO8S. The zero-order chi connectivity index (χ0) is 34.8. The quantitative estimate of drug-likeness (QED) is 0.206. The van der Waals surface area contributed by atoms with E-state index >= 15 is 0 Å². The Balaban J connectivity index is 1.53. The Morgan fingerprint density at radius 2 is 1.70 bits per heavy atom. The maximum atomic E-state index is 13.3. The van der Waals surface area contributed by atoms with Crippen LogP contribution in [0.5, 0.6) is 11.5 Å². The molecule has 0 aliphatic heterocycles. The number of carbonyl (C=O) groups excluding carboxylic acids is 2. The van der Waals surface area contributed by atoms with Crippen molar-refractivity contribution in [1.29, 1.82) is 0 Å². The summed E-state index contributed by atoms with van der Waals surface area (Å²) in [5.41, 5.74) is -0.250. The van der Waals surface area contributed by atoms with Crippen molar-refractivity contribution in [3.8, 4) is 11.5 Å². The molecule has 15 heteroatoms. The van der Waals surface area contributed by atoms with Gasteiger partial charge < -0.3 is 30.1 Å². The predicted molar refractivity (Wildman–Crippen MR) is 162 cm³/mol. The van der Waals surface area contributed by atoms with E-state index in [1.165, 1.54) is 7.11 Å². The van der Waals surface area contributed by atoms with E-state index in [0.717, 1.165) is 24.0 Å². The summed E-state index contributed by atoms with van der Waals surface area (Å²) in [5.74, 6) is -3.98. The summed E-state index contributed by atoms with van der Waals surface area (Å²) in [6.07, 6.45) is -4.30. The Labute approximate surface area is 273 Å². The van der Waals surface area contributed by atoms with Crippen LogP contribution in [0.3, 0.4) is 0 Å². The summed E-state index contributed by atoms with van der Waals surface area (Å²) in [6, 6.07) is 3.52. The van der Waals surface area contributed by atoms with E-state index in [1.54, 1.807) is 6.07 Å². The Morgan fingerprint density at radius 1 is 1.04 bits per heavy atom. The van der Waals surface area contributed by atoms with Crippen molar-refractivity contribution in [3.63, 3.8) is 0 Å². The van der Waals surface area contributed by atoms with Gasteiger partial charge in [0.25, 0.3) is 0 Å². The first-order chi connectivity index (χ1) is 22.0. The molecule has 47 heavy (non-hydrogen) atoms. The highest BCUT2D eigenvalue weighted by atomic mass is 32.2. The summed E-state index contributed by atoms with van der Waals surface area (Å²) < 4.78 is 87.7. The maximum Gasteiger partial charge on any atom is 0.453 e. The normalized spacial score (nSPS) is 26.6. The summed E-state index contributed by atoms with van der Waals surface area (Å²) in [5, 5.41) is 31.0. The minimum atomic E-state index is -5.64. The second-order valence-electron chi connectivity index (χ2n) is 13.4. The van der Waals surface area contributed by atoms with Crippen LogP contribution in [0.15, 0.2) is 12.1 Å². The van der Waals surface area contributed by atoms with Crippen molar-refractivity contribution < 1.29 is 60.5 Å². The number of aliphatic hydroxyl groups excluding tert-OH is 3. The molecule has 3 aliphatic rings. The molecule has 3 aliphatic carbocycles. The lowest BCUT2D eigenvalue weighted by Gasteiger charge is -2.52. The highest BCUT2D eigenvalue weighted by Crippen LogP contribution is 2.62. The summed E-state index contributed by atoms with van der Waals surface area (Å²) in [6.45, 7) is -0.194. The van der Waals surface area contributed by atoms with Crippen LogP contribution >= 0.6 is 0 Å². The van der Waals surface area contributed by atoms with Crippen molar-refractivity contribution in [2.75, 3.05) is 38.4 Å². The fourth-order valence-corrected chi connectivity index (χ4v) is 9.05. The van der Waals surface area contributed by atoms with E-state index in [2.05, 4.69) is 5.32 Å². The maximum absolute atomic E-state index is 13.3. The molecule has 2 fully saturated rings. The summed E-state index contributed by atoms with van der Waals surface area (Å²) >= 11 is 0. The fourth-order valence-electron chi connectivity index (χ4n) is 7.90. The summed E-state index contributed by atoms with van der Waals surface area (Å²) in [7, 11) is -0.151. The van der Waals surface area contributed by atoms with Gasteiger partial charge in [0.2, 0.25) is 0 Å². The zero-order valence-electron chi connectivity index (χ0n) is 26.5. The van der Waals surface area contributed by atoms with E-state index in [9.17, 15) is 51.1 Å². The number of halogens is 5. The predicted octanol–water partition coefficient (Wildman–Crippen LogP) is 4.66. The van der Waals surface area contributed by atoms with Gasteiger partial charge in [-0.05, 0) is 91.9 Å². The van der Waals surface area contributed by atoms with Crippen LogP contribution in [0.2, 0.25) is 0 Å². The number of ether oxygens (including phenoxy) is 2. The van der Waals surface area contributed by atoms with Crippen LogP contribution in [-0.2, 0) is 22.0 Å². The second kappa shape index (κ2) is 14.6. The highest BCUT2D eigenvalue weighted by Gasteiger charge is 2.57. The molecule has 6 atom stereocenters. The van der Waals surface area contributed by atoms with Gasteiger partial charge in [0.05, 0.1) is 26.9 Å². The van der Waals surface area contributed by atoms with Crippen LogP contribution in [-0.4, -0.2) is 87.5 Å². The Morgan fingerprint density at radius 3 is 2.32 bits per heavy atom. The standard InChI is InChI=1S/C32H44F5NO8S/c1-29-10-8-21-22-15-24(45-2)25(46-28(43)38-30(16-39,17-40)18-41)14-20(22)13-19(27(21)23(29)6-7-26(29)42)5-3-11-47(44)12-4-9-31(33,34)32(35,36)37/h14-15,19,21,23,27,39-41H,3-13,16-18H2,1-2H3,(H,38,43)/t19-,21-,23+,27-,29+,47?/m1/s1. The number of fused-ring (bicyclic) bond motifs is 5. The van der Waals surface area contributed by atoms with E-state index in [-0.39, 0.29) is 52.5 Å². The average Bonchev–Trinajstić information content (AvgIpc) is 3.32. The summed E-state index contributed by atoms with van der Waals surface area (Å²) in [4.78, 5) is 25.7. The molecule has 0 radical (unpaired) electrons. The molecule has 1 aromatic carbocycles. The largest absolute Gasteiger partial charge is 0.493 e.